The van der Waals surface area contributed by atoms with Gasteiger partial charge in [-0.3, -0.25) is 4.79 Å². The first-order chi connectivity index (χ1) is 2.81. The van der Waals surface area contributed by atoms with Crippen LogP contribution in [0.3, 0.4) is 0 Å². The van der Waals surface area contributed by atoms with Gasteiger partial charge in [0.15, 0.2) is 5.81 Å². The molecule has 0 aromatic carbocycles. The third-order valence-electron chi connectivity index (χ3n) is 0.482. The fraction of sp³-hybridized carbons (Fsp3) is 0.500. The maximum atomic E-state index is 9.94. The number of nitrogens with two attached hydrogens (primary N) is 1. The van der Waals surface area contributed by atoms with E-state index in [1.165, 1.54) is 0 Å². The molecule has 0 radical (unpaired) electrons. The van der Waals surface area contributed by atoms with Gasteiger partial charge in [-0.15, -0.1) is 0 Å². The summed E-state index contributed by atoms with van der Waals surface area (Å²) in [7, 11) is 0.455. The largest absolute Gasteiger partial charge is 0.303 e. The number of hydrogen-bond acceptors (Lipinski definition) is 2. The molecule has 4 heteroatoms. The highest BCUT2D eigenvalue weighted by Gasteiger charge is 1.88. The highest BCUT2D eigenvalue weighted by atomic mass is 16.1. The molecule has 3 nitrogen and oxygen atoms in total. The maximum absolute atomic E-state index is 9.94. The van der Waals surface area contributed by atoms with Crippen molar-refractivity contribution in [2.24, 2.45) is 5.84 Å². The Morgan fingerprint density at radius 3 is 2.50 bits per heavy atom. The van der Waals surface area contributed by atoms with Crippen LogP contribution < -0.4 is 11.3 Å². The zero-order chi connectivity index (χ0) is 4.99. The Morgan fingerprint density at radius 1 is 2.00 bits per heavy atom. The molecule has 0 atom stereocenters. The molecular formula is C2H7BN2O. The summed E-state index contributed by atoms with van der Waals surface area (Å²) in [6.07, 6.45) is 0. The molecule has 0 rings (SSSR count). The van der Waals surface area contributed by atoms with Crippen LogP contribution in [0.25, 0.3) is 0 Å². The Bertz CT molecular complexity index is 49.5. The third kappa shape index (κ3) is 1.78. The number of amides is 1. The van der Waals surface area contributed by atoms with Gasteiger partial charge in [0.25, 0.3) is 0 Å². The molecule has 0 heterocycles. The van der Waals surface area contributed by atoms with Gasteiger partial charge in [-0.1, -0.05) is 6.82 Å². The molecule has 0 aromatic heterocycles. The van der Waals surface area contributed by atoms with Crippen molar-refractivity contribution in [2.75, 3.05) is 0 Å². The van der Waals surface area contributed by atoms with E-state index in [0.29, 0.717) is 7.28 Å². The van der Waals surface area contributed by atoms with Gasteiger partial charge in [0, 0.05) is 0 Å². The van der Waals surface area contributed by atoms with Crippen molar-refractivity contribution in [3.63, 3.8) is 0 Å². The van der Waals surface area contributed by atoms with Crippen LogP contribution >= 0.6 is 0 Å². The quantitative estimate of drug-likeness (QED) is 0.187. The molecule has 34 valence electrons. The number of carbonyl (C=O) groups excluding carboxylic acids is 1. The Morgan fingerprint density at radius 2 is 2.50 bits per heavy atom. The molecule has 3 N–H and O–H groups in total. The minimum atomic E-state index is -0.130. The molecule has 0 saturated carbocycles. The van der Waals surface area contributed by atoms with Gasteiger partial charge < -0.3 is 5.43 Å². The molecule has 0 aliphatic carbocycles. The molecular weight excluding hydrogens is 78.8 g/mol. The van der Waals surface area contributed by atoms with Crippen LogP contribution in [0.1, 0.15) is 0 Å². The fourth-order valence-corrected chi connectivity index (χ4v) is 0.102. The summed E-state index contributed by atoms with van der Waals surface area (Å²) in [4.78, 5) is 9.94. The number of rotatable bonds is 1. The van der Waals surface area contributed by atoms with Crippen molar-refractivity contribution in [3.8, 4) is 0 Å². The molecule has 0 unspecified atom stereocenters. The van der Waals surface area contributed by atoms with E-state index in [1.54, 1.807) is 6.82 Å². The summed E-state index contributed by atoms with van der Waals surface area (Å²) in [5.74, 6) is 4.55. The van der Waals surface area contributed by atoms with Crippen molar-refractivity contribution in [2.45, 2.75) is 6.82 Å². The van der Waals surface area contributed by atoms with Crippen molar-refractivity contribution in [1.29, 1.82) is 0 Å². The summed E-state index contributed by atoms with van der Waals surface area (Å²) < 4.78 is 0. The summed E-state index contributed by atoms with van der Waals surface area (Å²) in [5.41, 5.74) is 1.98. The van der Waals surface area contributed by atoms with Gasteiger partial charge in [-0.25, -0.2) is 5.84 Å². The van der Waals surface area contributed by atoms with Crippen LogP contribution in [-0.4, -0.2) is 13.1 Å². The van der Waals surface area contributed by atoms with Gasteiger partial charge in [0.05, 0.1) is 0 Å². The predicted octanol–water partition coefficient (Wildman–Crippen LogP) is -0.946. The lowest BCUT2D eigenvalue weighted by atomic mass is 9.82. The van der Waals surface area contributed by atoms with Crippen LogP contribution in [0.2, 0.25) is 6.82 Å². The summed E-state index contributed by atoms with van der Waals surface area (Å²) in [6.45, 7) is 1.74. The SMILES string of the molecule is CBC(=O)NN. The zero-order valence-corrected chi connectivity index (χ0v) is 3.69. The van der Waals surface area contributed by atoms with Crippen LogP contribution in [0.4, 0.5) is 4.79 Å². The lowest BCUT2D eigenvalue weighted by Gasteiger charge is -1.86. The number of carbonyl (C=O) groups is 1. The van der Waals surface area contributed by atoms with Crippen LogP contribution in [0.5, 0.6) is 0 Å². The highest BCUT2D eigenvalue weighted by molar-refractivity contribution is 6.72. The summed E-state index contributed by atoms with van der Waals surface area (Å²) in [5, 5.41) is 0. The van der Waals surface area contributed by atoms with E-state index >= 15 is 0 Å². The topological polar surface area (TPSA) is 55.1 Å². The van der Waals surface area contributed by atoms with E-state index in [9.17, 15) is 4.79 Å². The van der Waals surface area contributed by atoms with Gasteiger partial charge >= 0.3 is 0 Å². The van der Waals surface area contributed by atoms with Gasteiger partial charge in [0.1, 0.15) is 0 Å². The minimum Gasteiger partial charge on any atom is -0.303 e. The Kier molecular flexibility index (Phi) is 2.49. The smallest absolute Gasteiger partial charge is 0.232 e. The average molecular weight is 85.9 g/mol. The molecule has 0 aliphatic rings. The van der Waals surface area contributed by atoms with Crippen LogP contribution in [-0.2, 0) is 0 Å². The van der Waals surface area contributed by atoms with Crippen molar-refractivity contribution < 1.29 is 4.79 Å². The first-order valence-electron chi connectivity index (χ1n) is 1.80. The molecule has 0 fully saturated rings. The van der Waals surface area contributed by atoms with Crippen molar-refractivity contribution in [1.82, 2.24) is 5.43 Å². The van der Waals surface area contributed by atoms with Gasteiger partial charge in [-0.2, -0.15) is 0 Å². The van der Waals surface area contributed by atoms with Gasteiger partial charge in [0.2, 0.25) is 7.28 Å². The molecule has 0 saturated heterocycles. The minimum absolute atomic E-state index is 0.130. The summed E-state index contributed by atoms with van der Waals surface area (Å²) in [6, 6.07) is 0. The first-order valence-corrected chi connectivity index (χ1v) is 1.80. The number of hydrogen-bond donors (Lipinski definition) is 2. The maximum Gasteiger partial charge on any atom is 0.232 e. The van der Waals surface area contributed by atoms with E-state index in [1.807, 2.05) is 5.43 Å². The van der Waals surface area contributed by atoms with E-state index in [4.69, 9.17) is 0 Å². The van der Waals surface area contributed by atoms with Crippen LogP contribution in [0.15, 0.2) is 0 Å². The van der Waals surface area contributed by atoms with Crippen LogP contribution in [0, 0.1) is 0 Å². The molecule has 0 bridgehead atoms. The van der Waals surface area contributed by atoms with Crippen molar-refractivity contribution >= 4 is 13.1 Å². The fourth-order valence-electron chi connectivity index (χ4n) is 0.102. The predicted molar refractivity (Wildman–Crippen MR) is 25.7 cm³/mol. The van der Waals surface area contributed by atoms with Gasteiger partial charge in [-0.05, 0) is 0 Å². The monoisotopic (exact) mass is 86.1 g/mol. The molecule has 0 spiro atoms. The first kappa shape index (κ1) is 5.49. The molecule has 0 aromatic rings. The molecule has 6 heavy (non-hydrogen) atoms. The van der Waals surface area contributed by atoms with E-state index < -0.39 is 0 Å². The standard InChI is InChI=1S/C2H7BN2O/c1-3-2(6)5-4/h3H,4H2,1H3,(H,5,6). The number of hydrazine groups is 1. The Balaban J connectivity index is 2.99. The molecule has 0 aliphatic heterocycles. The third-order valence-corrected chi connectivity index (χ3v) is 0.482. The Hall–Kier alpha value is -0.505. The second-order valence-corrected chi connectivity index (χ2v) is 0.921. The second kappa shape index (κ2) is 2.72. The molecule has 1 amide bonds. The lowest BCUT2D eigenvalue weighted by molar-refractivity contribution is 0.259. The van der Waals surface area contributed by atoms with Crippen molar-refractivity contribution in [3.05, 3.63) is 0 Å². The number of nitrogens with one attached hydrogen (secondary N) is 1. The van der Waals surface area contributed by atoms with E-state index in [0.717, 1.165) is 0 Å². The Labute approximate surface area is 37.1 Å². The lowest BCUT2D eigenvalue weighted by Crippen LogP contribution is -2.31. The zero-order valence-electron chi connectivity index (χ0n) is 3.69. The highest BCUT2D eigenvalue weighted by Crippen LogP contribution is 1.56. The normalized spacial score (nSPS) is 7.00. The van der Waals surface area contributed by atoms with E-state index in [-0.39, 0.29) is 5.81 Å². The second-order valence-electron chi connectivity index (χ2n) is 0.921. The summed E-state index contributed by atoms with van der Waals surface area (Å²) >= 11 is 0. The van der Waals surface area contributed by atoms with E-state index in [2.05, 4.69) is 5.84 Å². The average Bonchev–Trinajstić information content (AvgIpc) is 1.65.